The molecule has 340 valence electrons. The molecule has 1 saturated heterocycles. The molecule has 1 aliphatic rings. The first-order valence-electron chi connectivity index (χ1n) is 21.2. The van der Waals surface area contributed by atoms with Crippen LogP contribution in [0.15, 0.2) is 24.3 Å². The molecule has 1 aromatic carbocycles. The largest absolute Gasteiger partial charge is 0.445 e. The van der Waals surface area contributed by atoms with E-state index in [9.17, 15) is 43.2 Å². The Morgan fingerprint density at radius 1 is 0.885 bits per heavy atom. The van der Waals surface area contributed by atoms with Crippen molar-refractivity contribution in [1.82, 2.24) is 20.4 Å². The first-order valence-corrected chi connectivity index (χ1v) is 22.5. The Labute approximate surface area is 364 Å². The maximum atomic E-state index is 13.7. The monoisotopic (exact) mass is 872 g/mol. The van der Waals surface area contributed by atoms with E-state index in [2.05, 4.69) is 16.0 Å². The van der Waals surface area contributed by atoms with E-state index in [1.165, 1.54) is 35.5 Å². The number of nitrogens with one attached hydrogen (secondary N) is 3. The molecule has 2 rings (SSSR count). The summed E-state index contributed by atoms with van der Waals surface area (Å²) in [5.74, 6) is -3.44. The van der Waals surface area contributed by atoms with E-state index in [-0.39, 0.29) is 103 Å². The summed E-state index contributed by atoms with van der Waals surface area (Å²) >= 11 is 1.36. The Bertz CT molecular complexity index is 1700. The quantitative estimate of drug-likeness (QED) is 0.0659. The Kier molecular flexibility index (Phi) is 22.2. The molecule has 1 aromatic rings. The number of hydrogen-bond donors (Lipinski definition) is 4. The lowest BCUT2D eigenvalue weighted by Crippen LogP contribution is -2.46. The fourth-order valence-corrected chi connectivity index (χ4v) is 8.07. The van der Waals surface area contributed by atoms with Gasteiger partial charge in [-0.3, -0.25) is 38.5 Å². The molecular formula is C44H68N6O10S. The van der Waals surface area contributed by atoms with Gasteiger partial charge in [0, 0.05) is 63.3 Å². The van der Waals surface area contributed by atoms with Gasteiger partial charge >= 0.3 is 12.1 Å². The lowest BCUT2D eigenvalue weighted by atomic mass is 9.84. The maximum Gasteiger partial charge on any atom is 0.410 e. The van der Waals surface area contributed by atoms with Crippen LogP contribution in [0.3, 0.4) is 0 Å². The van der Waals surface area contributed by atoms with Crippen LogP contribution in [0, 0.1) is 29.6 Å². The molecule has 0 spiro atoms. The van der Waals surface area contributed by atoms with Crippen molar-refractivity contribution in [3.05, 3.63) is 29.8 Å². The van der Waals surface area contributed by atoms with Gasteiger partial charge in [-0.2, -0.15) is 11.8 Å². The van der Waals surface area contributed by atoms with Crippen LogP contribution in [0.25, 0.3) is 0 Å². The first kappa shape index (κ1) is 52.3. The molecule has 1 fully saturated rings. The van der Waals surface area contributed by atoms with Crippen molar-refractivity contribution in [1.29, 1.82) is 0 Å². The Hall–Kier alpha value is -4.80. The van der Waals surface area contributed by atoms with Crippen LogP contribution in [0.1, 0.15) is 112 Å². The fraction of sp³-hybridized carbons (Fsp3) is 0.659. The van der Waals surface area contributed by atoms with Gasteiger partial charge in [-0.25, -0.2) is 9.59 Å². The van der Waals surface area contributed by atoms with E-state index in [1.807, 2.05) is 27.7 Å². The number of likely N-dealkylation sites (N-methyl/N-ethyl adjacent to an activating group) is 1. The van der Waals surface area contributed by atoms with Crippen molar-refractivity contribution in [3.8, 4) is 0 Å². The number of rotatable bonds is 27. The predicted octanol–water partition coefficient (Wildman–Crippen LogP) is 5.25. The molecule has 16 nitrogen and oxygen atoms in total. The molecule has 61 heavy (non-hydrogen) atoms. The Morgan fingerprint density at radius 2 is 1.54 bits per heavy atom. The highest BCUT2D eigenvalue weighted by molar-refractivity contribution is 8.00. The number of imide groups is 1. The molecule has 0 saturated carbocycles. The number of amides is 7. The number of thioether (sulfide) groups is 1. The van der Waals surface area contributed by atoms with Gasteiger partial charge in [0.15, 0.2) is 11.6 Å². The number of anilines is 1. The minimum Gasteiger partial charge on any atom is -0.445 e. The average Bonchev–Trinajstić information content (AvgIpc) is 3.46. The predicted molar refractivity (Wildman–Crippen MR) is 234 cm³/mol. The highest BCUT2D eigenvalue weighted by Gasteiger charge is 2.38. The third kappa shape index (κ3) is 17.2. The third-order valence-corrected chi connectivity index (χ3v) is 11.9. The summed E-state index contributed by atoms with van der Waals surface area (Å²) in [6, 6.07) is 4.27. The van der Waals surface area contributed by atoms with E-state index < -0.39 is 42.0 Å². The van der Waals surface area contributed by atoms with E-state index >= 15 is 0 Å². The highest BCUT2D eigenvalue weighted by Crippen LogP contribution is 2.25. The molecule has 5 N–H and O–H groups in total. The second-order valence-corrected chi connectivity index (χ2v) is 17.9. The minimum absolute atomic E-state index is 0.0209. The van der Waals surface area contributed by atoms with E-state index in [1.54, 1.807) is 44.4 Å². The summed E-state index contributed by atoms with van der Waals surface area (Å²) in [5.41, 5.74) is 6.24. The number of hydrogen-bond acceptors (Lipinski definition) is 11. The zero-order chi connectivity index (χ0) is 46.0. The molecule has 7 amide bonds. The molecule has 2 unspecified atom stereocenters. The number of Topliss-reactive ketones (excluding diaryl/α,β-unsaturated/α-hetero) is 3. The fourth-order valence-electron chi connectivity index (χ4n) is 7.43. The molecule has 1 heterocycles. The van der Waals surface area contributed by atoms with Gasteiger partial charge < -0.3 is 31.3 Å². The number of nitrogens with two attached hydrogens (primary N) is 1. The Morgan fingerprint density at radius 3 is 2.08 bits per heavy atom. The summed E-state index contributed by atoms with van der Waals surface area (Å²) in [7, 11) is 1.50. The van der Waals surface area contributed by atoms with Crippen molar-refractivity contribution >= 4 is 70.6 Å². The molecule has 0 radical (unpaired) electrons. The van der Waals surface area contributed by atoms with Gasteiger partial charge in [-0.05, 0) is 74.3 Å². The van der Waals surface area contributed by atoms with Crippen molar-refractivity contribution in [2.45, 2.75) is 130 Å². The van der Waals surface area contributed by atoms with E-state index in [0.717, 1.165) is 0 Å². The maximum absolute atomic E-state index is 13.7. The number of nitrogens with zero attached hydrogens (tertiary/aromatic N) is 2. The van der Waals surface area contributed by atoms with Crippen molar-refractivity contribution in [3.63, 3.8) is 0 Å². The molecule has 5 atom stereocenters. The molecule has 1 aliphatic heterocycles. The van der Waals surface area contributed by atoms with Gasteiger partial charge in [-0.15, -0.1) is 0 Å². The first-order chi connectivity index (χ1) is 28.7. The van der Waals surface area contributed by atoms with Gasteiger partial charge in [0.25, 0.3) is 0 Å². The zero-order valence-electron chi connectivity index (χ0n) is 37.4. The molecule has 17 heteroatoms. The van der Waals surface area contributed by atoms with Crippen molar-refractivity contribution < 1.29 is 47.9 Å². The highest BCUT2D eigenvalue weighted by atomic mass is 32.2. The van der Waals surface area contributed by atoms with Gasteiger partial charge in [0.05, 0.1) is 17.3 Å². The lowest BCUT2D eigenvalue weighted by molar-refractivity contribution is -0.138. The number of carbonyl (C=O) groups excluding carboxylic acids is 9. The van der Waals surface area contributed by atoms with Gasteiger partial charge in [0.2, 0.25) is 23.6 Å². The van der Waals surface area contributed by atoms with Crippen LogP contribution in [0.5, 0.6) is 0 Å². The summed E-state index contributed by atoms with van der Waals surface area (Å²) in [6.45, 7) is 12.9. The van der Waals surface area contributed by atoms with Crippen LogP contribution in [-0.2, 0) is 44.9 Å². The topological polar surface area (TPSA) is 231 Å². The minimum atomic E-state index is -0.845. The molecule has 0 aromatic heterocycles. The van der Waals surface area contributed by atoms with Crippen LogP contribution in [0.4, 0.5) is 15.3 Å². The van der Waals surface area contributed by atoms with Crippen LogP contribution in [-0.4, -0.2) is 107 Å². The molecular weight excluding hydrogens is 805 g/mol. The number of benzene rings is 1. The third-order valence-electron chi connectivity index (χ3n) is 10.9. The lowest BCUT2D eigenvalue weighted by Gasteiger charge is -2.31. The second kappa shape index (κ2) is 25.9. The number of ether oxygens (including phenoxy) is 1. The van der Waals surface area contributed by atoms with Gasteiger partial charge in [0.1, 0.15) is 12.4 Å². The molecule has 0 bridgehead atoms. The van der Waals surface area contributed by atoms with Crippen LogP contribution >= 0.6 is 11.8 Å². The van der Waals surface area contributed by atoms with E-state index in [0.29, 0.717) is 43.5 Å². The average molecular weight is 873 g/mol. The number of carbonyl (C=O) groups is 9. The number of likely N-dealkylation sites (tertiary alicyclic amines) is 1. The second-order valence-electron chi connectivity index (χ2n) is 16.9. The summed E-state index contributed by atoms with van der Waals surface area (Å²) in [6.07, 6.45) is 3.62. The van der Waals surface area contributed by atoms with Gasteiger partial charge in [-0.1, -0.05) is 60.1 Å². The summed E-state index contributed by atoms with van der Waals surface area (Å²) in [4.78, 5) is 117. The Balaban J connectivity index is 2.01. The molecule has 0 aliphatic carbocycles. The summed E-state index contributed by atoms with van der Waals surface area (Å²) < 4.78 is 5.53. The summed E-state index contributed by atoms with van der Waals surface area (Å²) in [5, 5.41) is 7.83. The van der Waals surface area contributed by atoms with Crippen molar-refractivity contribution in [2.24, 2.45) is 35.3 Å². The van der Waals surface area contributed by atoms with Crippen molar-refractivity contribution in [2.75, 3.05) is 31.7 Å². The van der Waals surface area contributed by atoms with E-state index in [4.69, 9.17) is 10.5 Å². The number of unbranched alkanes of at least 4 members (excludes halogenated alkanes) is 2. The van der Waals surface area contributed by atoms with Crippen LogP contribution < -0.4 is 21.7 Å². The smallest absolute Gasteiger partial charge is 0.410 e. The standard InChI is InChI=1S/C44H68N6O10S/c1-26(2)33(29(7)51)23-35(53)40(28(5)6)49(8)44(59)60-25-30-16-18-32(19-17-30)47-41(56)31(14-13-20-46-43(45)58)22-34(52)39(27(3)4)48-37(54)15-11-10-12-21-50-38(55)24-36(61-9)42(50)57/h16-19,26-28,31,33,36,39-40H,10-15,20-25H2,1-9H3,(H,47,56)(H,48,54)(H3,45,46,58)/t31-,33?,36?,39+,40+/m1/s1. The van der Waals surface area contributed by atoms with Crippen LogP contribution in [0.2, 0.25) is 0 Å². The number of urea groups is 1. The SMILES string of the molecule is CSC1CC(=O)N(CCCCCC(=O)N[C@H](C(=O)C[C@@H](CCCNC(N)=O)C(=O)Nc2ccc(COC(=O)N(C)[C@H](C(=O)CC(C(C)=O)C(C)C)C(C)C)cc2)C(C)C)C1=O. The normalized spacial score (nSPS) is 15.9. The zero-order valence-corrected chi connectivity index (χ0v) is 38.2. The number of ketones is 3. The number of primary amides is 1.